The van der Waals surface area contributed by atoms with Crippen LogP contribution in [0.2, 0.25) is 0 Å². The average molecular weight is 355 g/mol. The Hall–Kier alpha value is -2.99. The molecule has 0 saturated heterocycles. The highest BCUT2D eigenvalue weighted by Gasteiger charge is 2.46. The van der Waals surface area contributed by atoms with E-state index in [1.807, 2.05) is 12.1 Å². The van der Waals surface area contributed by atoms with E-state index in [0.717, 1.165) is 18.2 Å². The minimum atomic E-state index is -2.17. The lowest BCUT2D eigenvalue weighted by atomic mass is 9.91. The largest absolute Gasteiger partial charge is 0.467 e. The predicted octanol–water partition coefficient (Wildman–Crippen LogP) is 1.80. The second kappa shape index (κ2) is 8.92. The molecule has 136 valence electrons. The fourth-order valence-corrected chi connectivity index (χ4v) is 2.46. The Balaban J connectivity index is 2.07. The van der Waals surface area contributed by atoms with Gasteiger partial charge in [-0.05, 0) is 11.1 Å². The van der Waals surface area contributed by atoms with Crippen LogP contribution < -0.4 is 5.73 Å². The van der Waals surface area contributed by atoms with E-state index in [1.165, 1.54) is 0 Å². The van der Waals surface area contributed by atoms with E-state index in [1.54, 1.807) is 48.5 Å². The molecule has 6 heteroatoms. The number of nitrogens with two attached hydrogens (primary N) is 1. The third-order valence-corrected chi connectivity index (χ3v) is 3.85. The van der Waals surface area contributed by atoms with Crippen molar-refractivity contribution in [2.75, 3.05) is 7.11 Å². The second-order valence-electron chi connectivity index (χ2n) is 5.90. The molecular weight excluding hydrogens is 334 g/mol. The summed E-state index contributed by atoms with van der Waals surface area (Å²) in [5.41, 5.74) is 5.28. The minimum Gasteiger partial charge on any atom is -0.467 e. The van der Waals surface area contributed by atoms with Crippen molar-refractivity contribution in [3.05, 3.63) is 71.8 Å². The van der Waals surface area contributed by atoms with Gasteiger partial charge in [-0.15, -0.1) is 0 Å². The van der Waals surface area contributed by atoms with Crippen LogP contribution in [0.1, 0.15) is 17.5 Å². The van der Waals surface area contributed by atoms with Crippen LogP contribution in [0.15, 0.2) is 60.7 Å². The van der Waals surface area contributed by atoms with Crippen molar-refractivity contribution in [1.82, 2.24) is 0 Å². The number of hydrogen-bond acceptors (Lipinski definition) is 6. The number of Topliss-reactive ketones (excluding diaryl/α,β-unsaturated/α-hetero) is 1. The lowest BCUT2D eigenvalue weighted by Gasteiger charge is -2.23. The summed E-state index contributed by atoms with van der Waals surface area (Å²) in [4.78, 5) is 36.8. The molecule has 1 atom stereocenters. The molecule has 26 heavy (non-hydrogen) atoms. The number of carbonyl (C=O) groups is 3. The zero-order valence-corrected chi connectivity index (χ0v) is 14.5. The van der Waals surface area contributed by atoms with Crippen LogP contribution in [0, 0.1) is 0 Å². The molecule has 0 aliphatic carbocycles. The Morgan fingerprint density at radius 3 is 1.96 bits per heavy atom. The predicted molar refractivity (Wildman–Crippen MR) is 94.9 cm³/mol. The average Bonchev–Trinajstić information content (AvgIpc) is 2.66. The Kier molecular flexibility index (Phi) is 6.63. The standard InChI is InChI=1S/C20H21NO5/c1-25-18(23)20(21,13-17(22)12-15-8-4-2-5-9-15)19(24)26-14-16-10-6-3-7-11-16/h2-11H,12-14,21H2,1H3. The van der Waals surface area contributed by atoms with Crippen molar-refractivity contribution in [1.29, 1.82) is 0 Å². The van der Waals surface area contributed by atoms with E-state index in [4.69, 9.17) is 10.5 Å². The number of methoxy groups -OCH3 is 1. The van der Waals surface area contributed by atoms with E-state index in [-0.39, 0.29) is 18.8 Å². The third-order valence-electron chi connectivity index (χ3n) is 3.85. The molecule has 0 heterocycles. The lowest BCUT2D eigenvalue weighted by molar-refractivity contribution is -0.165. The van der Waals surface area contributed by atoms with Crippen molar-refractivity contribution in [3.63, 3.8) is 0 Å². The van der Waals surface area contributed by atoms with Gasteiger partial charge in [-0.25, -0.2) is 9.59 Å². The smallest absolute Gasteiger partial charge is 0.338 e. The highest BCUT2D eigenvalue weighted by molar-refractivity contribution is 6.08. The van der Waals surface area contributed by atoms with Crippen LogP contribution in [0.5, 0.6) is 0 Å². The molecule has 2 rings (SSSR count). The fraction of sp³-hybridized carbons (Fsp3) is 0.250. The first-order chi connectivity index (χ1) is 12.5. The summed E-state index contributed by atoms with van der Waals surface area (Å²) in [5, 5.41) is 0. The number of ether oxygens (including phenoxy) is 2. The van der Waals surface area contributed by atoms with Gasteiger partial charge >= 0.3 is 11.9 Å². The molecule has 0 aliphatic heterocycles. The molecule has 2 aromatic carbocycles. The molecule has 0 radical (unpaired) electrons. The van der Waals surface area contributed by atoms with Crippen LogP contribution in [0.25, 0.3) is 0 Å². The van der Waals surface area contributed by atoms with Gasteiger partial charge in [0.05, 0.1) is 7.11 Å². The SMILES string of the molecule is COC(=O)C(N)(CC(=O)Cc1ccccc1)C(=O)OCc1ccccc1. The van der Waals surface area contributed by atoms with Gasteiger partial charge in [0.25, 0.3) is 0 Å². The Labute approximate surface area is 151 Å². The van der Waals surface area contributed by atoms with Crippen molar-refractivity contribution in [2.24, 2.45) is 5.73 Å². The van der Waals surface area contributed by atoms with E-state index < -0.39 is 23.9 Å². The molecule has 6 nitrogen and oxygen atoms in total. The summed E-state index contributed by atoms with van der Waals surface area (Å²) < 4.78 is 9.77. The zero-order valence-electron chi connectivity index (χ0n) is 14.5. The highest BCUT2D eigenvalue weighted by atomic mass is 16.6. The van der Waals surface area contributed by atoms with Crippen LogP contribution in [-0.4, -0.2) is 30.4 Å². The maximum absolute atomic E-state index is 12.4. The summed E-state index contributed by atoms with van der Waals surface area (Å²) >= 11 is 0. The quantitative estimate of drug-likeness (QED) is 0.573. The zero-order chi connectivity index (χ0) is 19.0. The summed E-state index contributed by atoms with van der Waals surface area (Å²) in [6.07, 6.45) is -0.440. The fourth-order valence-electron chi connectivity index (χ4n) is 2.46. The molecular formula is C20H21NO5. The molecule has 0 bridgehead atoms. The first-order valence-corrected chi connectivity index (χ1v) is 8.10. The highest BCUT2D eigenvalue weighted by Crippen LogP contribution is 2.16. The topological polar surface area (TPSA) is 95.7 Å². The van der Waals surface area contributed by atoms with Crippen molar-refractivity contribution >= 4 is 17.7 Å². The first kappa shape index (κ1) is 19.3. The van der Waals surface area contributed by atoms with Gasteiger partial charge in [0, 0.05) is 12.8 Å². The first-order valence-electron chi connectivity index (χ1n) is 8.10. The normalized spacial score (nSPS) is 12.7. The maximum Gasteiger partial charge on any atom is 0.338 e. The molecule has 2 aromatic rings. The number of carbonyl (C=O) groups excluding carboxylic acids is 3. The lowest BCUT2D eigenvalue weighted by Crippen LogP contribution is -2.57. The molecule has 0 aromatic heterocycles. The molecule has 0 amide bonds. The van der Waals surface area contributed by atoms with Gasteiger partial charge in [-0.3, -0.25) is 4.79 Å². The third kappa shape index (κ3) is 5.00. The van der Waals surface area contributed by atoms with E-state index in [0.29, 0.717) is 0 Å². The van der Waals surface area contributed by atoms with Gasteiger partial charge in [0.15, 0.2) is 0 Å². The number of esters is 2. The van der Waals surface area contributed by atoms with Crippen LogP contribution in [-0.2, 0) is 36.9 Å². The maximum atomic E-state index is 12.4. The van der Waals surface area contributed by atoms with Gasteiger partial charge in [-0.2, -0.15) is 0 Å². The van der Waals surface area contributed by atoms with Gasteiger partial charge < -0.3 is 15.2 Å². The van der Waals surface area contributed by atoms with Crippen molar-refractivity contribution in [2.45, 2.75) is 25.0 Å². The molecule has 2 N–H and O–H groups in total. The summed E-state index contributed by atoms with van der Waals surface area (Å²) in [7, 11) is 1.11. The number of rotatable bonds is 8. The Morgan fingerprint density at radius 2 is 1.42 bits per heavy atom. The molecule has 0 aliphatic rings. The Morgan fingerprint density at radius 1 is 0.885 bits per heavy atom. The molecule has 1 unspecified atom stereocenters. The Bertz CT molecular complexity index is 760. The van der Waals surface area contributed by atoms with Gasteiger partial charge in [-0.1, -0.05) is 60.7 Å². The van der Waals surface area contributed by atoms with Crippen LogP contribution in [0.4, 0.5) is 0 Å². The minimum absolute atomic E-state index is 0.0531. The second-order valence-corrected chi connectivity index (χ2v) is 5.90. The number of hydrogen-bond donors (Lipinski definition) is 1. The van der Waals surface area contributed by atoms with Crippen LogP contribution >= 0.6 is 0 Å². The monoisotopic (exact) mass is 355 g/mol. The molecule has 0 spiro atoms. The van der Waals surface area contributed by atoms with Crippen molar-refractivity contribution < 1.29 is 23.9 Å². The van der Waals surface area contributed by atoms with E-state index in [2.05, 4.69) is 4.74 Å². The molecule has 0 saturated carbocycles. The molecule has 0 fully saturated rings. The summed E-state index contributed by atoms with van der Waals surface area (Å²) in [6.45, 7) is -0.0531. The van der Waals surface area contributed by atoms with E-state index >= 15 is 0 Å². The number of ketones is 1. The number of benzene rings is 2. The van der Waals surface area contributed by atoms with Gasteiger partial charge in [0.2, 0.25) is 5.54 Å². The van der Waals surface area contributed by atoms with Crippen molar-refractivity contribution in [3.8, 4) is 0 Å². The van der Waals surface area contributed by atoms with Crippen LogP contribution in [0.3, 0.4) is 0 Å². The summed E-state index contributed by atoms with van der Waals surface area (Å²) in [6, 6.07) is 17.9. The van der Waals surface area contributed by atoms with E-state index in [9.17, 15) is 14.4 Å². The summed E-state index contributed by atoms with van der Waals surface area (Å²) in [5.74, 6) is -2.35. The van der Waals surface area contributed by atoms with Gasteiger partial charge in [0.1, 0.15) is 12.4 Å².